The van der Waals surface area contributed by atoms with Crippen LogP contribution in [0.2, 0.25) is 0 Å². The normalized spacial score (nSPS) is 10.4. The van der Waals surface area contributed by atoms with Gasteiger partial charge in [0.1, 0.15) is 5.82 Å². The summed E-state index contributed by atoms with van der Waals surface area (Å²) in [5, 5.41) is 3.33. The predicted molar refractivity (Wildman–Crippen MR) is 81.1 cm³/mol. The molecule has 4 heteroatoms. The van der Waals surface area contributed by atoms with E-state index >= 15 is 0 Å². The quantitative estimate of drug-likeness (QED) is 0.846. The van der Waals surface area contributed by atoms with Crippen LogP contribution >= 0.6 is 0 Å². The molecule has 0 spiro atoms. The van der Waals surface area contributed by atoms with Gasteiger partial charge in [0.25, 0.3) is 0 Å². The van der Waals surface area contributed by atoms with E-state index in [0.29, 0.717) is 19.7 Å². The van der Waals surface area contributed by atoms with E-state index in [1.807, 2.05) is 25.1 Å². The van der Waals surface area contributed by atoms with Gasteiger partial charge in [-0.1, -0.05) is 24.3 Å². The van der Waals surface area contributed by atoms with E-state index in [2.05, 4.69) is 5.32 Å². The van der Waals surface area contributed by atoms with Crippen LogP contribution in [0, 0.1) is 5.82 Å². The maximum Gasteiger partial charge on any atom is 0.165 e. The molecule has 0 bridgehead atoms. The third-order valence-corrected chi connectivity index (χ3v) is 3.13. The largest absolute Gasteiger partial charge is 0.493 e. The molecule has 0 heterocycles. The van der Waals surface area contributed by atoms with Crippen LogP contribution in [0.15, 0.2) is 42.5 Å². The minimum Gasteiger partial charge on any atom is -0.493 e. The smallest absolute Gasteiger partial charge is 0.165 e. The summed E-state index contributed by atoms with van der Waals surface area (Å²) in [6, 6.07) is 12.3. The van der Waals surface area contributed by atoms with Crippen LogP contribution in [0.5, 0.6) is 11.5 Å². The summed E-state index contributed by atoms with van der Waals surface area (Å²) in [5.41, 5.74) is 2.08. The van der Waals surface area contributed by atoms with Gasteiger partial charge in [-0.2, -0.15) is 0 Å². The molecule has 21 heavy (non-hydrogen) atoms. The number of hydrogen-bond donors (Lipinski definition) is 1. The van der Waals surface area contributed by atoms with Crippen LogP contribution in [-0.4, -0.2) is 13.7 Å². The Labute approximate surface area is 124 Å². The lowest BCUT2D eigenvalue weighted by molar-refractivity contribution is 0.306. The molecule has 0 amide bonds. The van der Waals surface area contributed by atoms with E-state index < -0.39 is 0 Å². The summed E-state index contributed by atoms with van der Waals surface area (Å²) in [6.07, 6.45) is 0. The van der Waals surface area contributed by atoms with Gasteiger partial charge in [0.15, 0.2) is 11.5 Å². The van der Waals surface area contributed by atoms with E-state index in [1.54, 1.807) is 19.2 Å². The molecule has 1 N–H and O–H groups in total. The van der Waals surface area contributed by atoms with Crippen LogP contribution in [0.25, 0.3) is 0 Å². The molecule has 0 unspecified atom stereocenters. The Morgan fingerprint density at radius 2 is 1.81 bits per heavy atom. The lowest BCUT2D eigenvalue weighted by Crippen LogP contribution is -2.14. The number of rotatable bonds is 7. The highest BCUT2D eigenvalue weighted by molar-refractivity contribution is 5.46. The van der Waals surface area contributed by atoms with Gasteiger partial charge >= 0.3 is 0 Å². The van der Waals surface area contributed by atoms with E-state index in [4.69, 9.17) is 9.47 Å². The van der Waals surface area contributed by atoms with Gasteiger partial charge in [-0.3, -0.25) is 0 Å². The Bertz CT molecular complexity index is 570. The first kappa shape index (κ1) is 15.3. The zero-order chi connectivity index (χ0) is 15.1. The summed E-state index contributed by atoms with van der Waals surface area (Å²) in [5.74, 6) is 1.29. The molecule has 112 valence electrons. The molecule has 0 fully saturated rings. The average Bonchev–Trinajstić information content (AvgIpc) is 2.51. The second-order valence-electron chi connectivity index (χ2n) is 4.61. The lowest BCUT2D eigenvalue weighted by Gasteiger charge is -2.14. The van der Waals surface area contributed by atoms with Crippen molar-refractivity contribution >= 4 is 0 Å². The fourth-order valence-corrected chi connectivity index (χ4v) is 2.11. The molecule has 0 radical (unpaired) electrons. The van der Waals surface area contributed by atoms with Crippen LogP contribution in [-0.2, 0) is 13.1 Å². The minimum atomic E-state index is -0.217. The van der Waals surface area contributed by atoms with E-state index in [0.717, 1.165) is 22.6 Å². The molecule has 2 aromatic rings. The summed E-state index contributed by atoms with van der Waals surface area (Å²) in [6.45, 7) is 3.86. The standard InChI is InChI=1S/C17H20FNO2/c1-3-21-17-14(5-4-6-16(17)20-2)12-19-11-13-7-9-15(18)10-8-13/h4-10,19H,3,11-12H2,1-2H3. The second kappa shape index (κ2) is 7.64. The van der Waals surface area contributed by atoms with Crippen LogP contribution < -0.4 is 14.8 Å². The lowest BCUT2D eigenvalue weighted by atomic mass is 10.1. The Kier molecular flexibility index (Phi) is 5.58. The first-order valence-corrected chi connectivity index (χ1v) is 6.98. The van der Waals surface area contributed by atoms with Crippen molar-refractivity contribution in [2.24, 2.45) is 0 Å². The molecule has 3 nitrogen and oxygen atoms in total. The van der Waals surface area contributed by atoms with Crippen LogP contribution in [0.1, 0.15) is 18.1 Å². The monoisotopic (exact) mass is 289 g/mol. The summed E-state index contributed by atoms with van der Waals surface area (Å²) in [7, 11) is 1.63. The van der Waals surface area contributed by atoms with Crippen LogP contribution in [0.3, 0.4) is 0 Å². The average molecular weight is 289 g/mol. The van der Waals surface area contributed by atoms with Crippen molar-refractivity contribution in [3.05, 3.63) is 59.4 Å². The highest BCUT2D eigenvalue weighted by Crippen LogP contribution is 2.31. The molecule has 0 aliphatic carbocycles. The van der Waals surface area contributed by atoms with Crippen LogP contribution in [0.4, 0.5) is 4.39 Å². The number of halogens is 1. The molecule has 2 rings (SSSR count). The van der Waals surface area contributed by atoms with Gasteiger partial charge in [-0.05, 0) is 30.7 Å². The number of para-hydroxylation sites is 1. The molecule has 0 saturated carbocycles. The maximum atomic E-state index is 12.8. The Balaban J connectivity index is 2.00. The van der Waals surface area contributed by atoms with Crippen molar-refractivity contribution < 1.29 is 13.9 Å². The van der Waals surface area contributed by atoms with Crippen molar-refractivity contribution in [2.45, 2.75) is 20.0 Å². The molecular formula is C17H20FNO2. The van der Waals surface area contributed by atoms with Crippen molar-refractivity contribution in [1.82, 2.24) is 5.32 Å². The first-order valence-electron chi connectivity index (χ1n) is 6.98. The fourth-order valence-electron chi connectivity index (χ4n) is 2.11. The molecule has 0 aromatic heterocycles. The van der Waals surface area contributed by atoms with Gasteiger partial charge in [-0.15, -0.1) is 0 Å². The van der Waals surface area contributed by atoms with Crippen molar-refractivity contribution in [2.75, 3.05) is 13.7 Å². The minimum absolute atomic E-state index is 0.217. The molecule has 0 saturated heterocycles. The predicted octanol–water partition coefficient (Wildman–Crippen LogP) is 3.52. The van der Waals surface area contributed by atoms with E-state index in [-0.39, 0.29) is 5.82 Å². The van der Waals surface area contributed by atoms with Gasteiger partial charge in [0.05, 0.1) is 13.7 Å². The molecular weight excluding hydrogens is 269 g/mol. The summed E-state index contributed by atoms with van der Waals surface area (Å²) in [4.78, 5) is 0. The third-order valence-electron chi connectivity index (χ3n) is 3.13. The van der Waals surface area contributed by atoms with Gasteiger partial charge < -0.3 is 14.8 Å². The number of methoxy groups -OCH3 is 1. The zero-order valence-corrected chi connectivity index (χ0v) is 12.4. The molecule has 0 aliphatic heterocycles. The molecule has 0 aliphatic rings. The molecule has 2 aromatic carbocycles. The summed E-state index contributed by atoms with van der Waals surface area (Å²) >= 11 is 0. The second-order valence-corrected chi connectivity index (χ2v) is 4.61. The number of ether oxygens (including phenoxy) is 2. The van der Waals surface area contributed by atoms with Gasteiger partial charge in [0, 0.05) is 18.7 Å². The number of hydrogen-bond acceptors (Lipinski definition) is 3. The number of benzene rings is 2. The number of nitrogens with one attached hydrogen (secondary N) is 1. The maximum absolute atomic E-state index is 12.8. The first-order chi connectivity index (χ1) is 10.2. The highest BCUT2D eigenvalue weighted by Gasteiger charge is 2.09. The van der Waals surface area contributed by atoms with E-state index in [9.17, 15) is 4.39 Å². The fraction of sp³-hybridized carbons (Fsp3) is 0.294. The molecule has 0 atom stereocenters. The zero-order valence-electron chi connectivity index (χ0n) is 12.4. The Hall–Kier alpha value is -2.07. The Morgan fingerprint density at radius 3 is 2.48 bits per heavy atom. The van der Waals surface area contributed by atoms with Gasteiger partial charge in [0.2, 0.25) is 0 Å². The van der Waals surface area contributed by atoms with Gasteiger partial charge in [-0.25, -0.2) is 4.39 Å². The SMILES string of the molecule is CCOc1c(CNCc2ccc(F)cc2)cccc1OC. The van der Waals surface area contributed by atoms with Crippen molar-refractivity contribution in [3.63, 3.8) is 0 Å². The van der Waals surface area contributed by atoms with Crippen molar-refractivity contribution in [3.8, 4) is 11.5 Å². The van der Waals surface area contributed by atoms with E-state index in [1.165, 1.54) is 12.1 Å². The summed E-state index contributed by atoms with van der Waals surface area (Å²) < 4.78 is 23.8. The Morgan fingerprint density at radius 1 is 1.05 bits per heavy atom. The van der Waals surface area contributed by atoms with Crippen molar-refractivity contribution in [1.29, 1.82) is 0 Å². The third kappa shape index (κ3) is 4.20. The highest BCUT2D eigenvalue weighted by atomic mass is 19.1. The topological polar surface area (TPSA) is 30.5 Å².